The molecule has 2 amide bonds. The summed E-state index contributed by atoms with van der Waals surface area (Å²) in [5.41, 5.74) is 0.588. The third-order valence-electron chi connectivity index (χ3n) is 4.97. The lowest BCUT2D eigenvalue weighted by molar-refractivity contribution is -0.129. The topological polar surface area (TPSA) is 62.3 Å². The van der Waals surface area contributed by atoms with Crippen molar-refractivity contribution in [3.8, 4) is 0 Å². The predicted molar refractivity (Wildman–Crippen MR) is 95.1 cm³/mol. The standard InChI is InChI=1S/C18H25N3O2S/c1-24-18-15(9-6-10-19-18)17(23)20-13-11-16(22)21(12-13)14-7-4-2-3-5-8-14/h6,9-10,13-14H,2-5,7-8,11-12H2,1H3,(H,20,23)/t13-/m1/s1. The van der Waals surface area contributed by atoms with E-state index in [1.165, 1.54) is 37.4 Å². The van der Waals surface area contributed by atoms with Crippen molar-refractivity contribution in [2.24, 2.45) is 0 Å². The Morgan fingerprint density at radius 2 is 2.04 bits per heavy atom. The van der Waals surface area contributed by atoms with Gasteiger partial charge in [0.25, 0.3) is 5.91 Å². The van der Waals surface area contributed by atoms with Crippen LogP contribution in [0.1, 0.15) is 55.3 Å². The third-order valence-corrected chi connectivity index (χ3v) is 5.68. The van der Waals surface area contributed by atoms with Gasteiger partial charge in [-0.05, 0) is 31.2 Å². The molecule has 3 rings (SSSR count). The molecule has 1 saturated heterocycles. The Balaban J connectivity index is 1.62. The van der Waals surface area contributed by atoms with Gasteiger partial charge in [0.15, 0.2) is 0 Å². The van der Waals surface area contributed by atoms with E-state index < -0.39 is 0 Å². The van der Waals surface area contributed by atoms with Gasteiger partial charge in [-0.1, -0.05) is 25.7 Å². The van der Waals surface area contributed by atoms with Crippen LogP contribution in [0.25, 0.3) is 0 Å². The lowest BCUT2D eigenvalue weighted by atomic mass is 10.1. The van der Waals surface area contributed by atoms with Gasteiger partial charge in [0, 0.05) is 25.2 Å². The zero-order valence-electron chi connectivity index (χ0n) is 14.2. The molecule has 0 unspecified atom stereocenters. The minimum absolute atomic E-state index is 0.0943. The van der Waals surface area contributed by atoms with Gasteiger partial charge in [0.1, 0.15) is 5.03 Å². The highest BCUT2D eigenvalue weighted by molar-refractivity contribution is 7.98. The van der Waals surface area contributed by atoms with Gasteiger partial charge in [-0.3, -0.25) is 9.59 Å². The zero-order chi connectivity index (χ0) is 16.9. The minimum Gasteiger partial charge on any atom is -0.347 e. The fourth-order valence-corrected chi connectivity index (χ4v) is 4.29. The Morgan fingerprint density at radius 3 is 2.75 bits per heavy atom. The fraction of sp³-hybridized carbons (Fsp3) is 0.611. The van der Waals surface area contributed by atoms with E-state index >= 15 is 0 Å². The Kier molecular flexibility index (Phi) is 5.76. The maximum absolute atomic E-state index is 12.5. The van der Waals surface area contributed by atoms with Gasteiger partial charge in [-0.25, -0.2) is 4.98 Å². The first-order valence-electron chi connectivity index (χ1n) is 8.78. The molecular formula is C18H25N3O2S. The Hall–Kier alpha value is -1.56. The van der Waals surface area contributed by atoms with Crippen molar-refractivity contribution < 1.29 is 9.59 Å². The van der Waals surface area contributed by atoms with Gasteiger partial charge in [-0.15, -0.1) is 11.8 Å². The molecule has 1 N–H and O–H groups in total. The van der Waals surface area contributed by atoms with Crippen molar-refractivity contribution in [2.45, 2.75) is 62.1 Å². The molecule has 1 aliphatic carbocycles. The van der Waals surface area contributed by atoms with Crippen molar-refractivity contribution in [1.82, 2.24) is 15.2 Å². The van der Waals surface area contributed by atoms with Crippen LogP contribution in [-0.4, -0.2) is 46.6 Å². The summed E-state index contributed by atoms with van der Waals surface area (Å²) in [5, 5.41) is 3.75. The lowest BCUT2D eigenvalue weighted by Gasteiger charge is -2.27. The number of carbonyl (C=O) groups excluding carboxylic acids is 2. The van der Waals surface area contributed by atoms with Gasteiger partial charge in [0.05, 0.1) is 11.6 Å². The second-order valence-corrected chi connectivity index (χ2v) is 7.42. The highest BCUT2D eigenvalue weighted by Gasteiger charge is 2.35. The molecule has 0 bridgehead atoms. The Bertz CT molecular complexity index is 600. The number of thioether (sulfide) groups is 1. The summed E-state index contributed by atoms with van der Waals surface area (Å²) < 4.78 is 0. The molecule has 5 nitrogen and oxygen atoms in total. The first kappa shape index (κ1) is 17.3. The average molecular weight is 347 g/mol. The number of hydrogen-bond acceptors (Lipinski definition) is 4. The minimum atomic E-state index is -0.132. The van der Waals surface area contributed by atoms with Crippen LogP contribution >= 0.6 is 11.8 Å². The third kappa shape index (κ3) is 3.91. The summed E-state index contributed by atoms with van der Waals surface area (Å²) in [4.78, 5) is 31.2. The van der Waals surface area contributed by atoms with Gasteiger partial charge in [0.2, 0.25) is 5.91 Å². The van der Waals surface area contributed by atoms with Crippen molar-refractivity contribution in [3.63, 3.8) is 0 Å². The van der Waals surface area contributed by atoms with E-state index in [9.17, 15) is 9.59 Å². The summed E-state index contributed by atoms with van der Waals surface area (Å²) in [5.74, 6) is 0.0523. The van der Waals surface area contributed by atoms with Crippen LogP contribution < -0.4 is 5.32 Å². The number of pyridine rings is 1. The molecule has 1 aromatic heterocycles. The van der Waals surface area contributed by atoms with Crippen LogP contribution in [0.15, 0.2) is 23.4 Å². The van der Waals surface area contributed by atoms with Crippen LogP contribution in [0, 0.1) is 0 Å². The monoisotopic (exact) mass is 347 g/mol. The van der Waals surface area contributed by atoms with Gasteiger partial charge >= 0.3 is 0 Å². The van der Waals surface area contributed by atoms with Gasteiger partial charge < -0.3 is 10.2 Å². The smallest absolute Gasteiger partial charge is 0.254 e. The van der Waals surface area contributed by atoms with Crippen molar-refractivity contribution >= 4 is 23.6 Å². The van der Waals surface area contributed by atoms with E-state index in [2.05, 4.69) is 10.3 Å². The molecule has 0 aromatic carbocycles. The van der Waals surface area contributed by atoms with Crippen LogP contribution in [0.2, 0.25) is 0 Å². The Morgan fingerprint density at radius 1 is 1.29 bits per heavy atom. The summed E-state index contributed by atoms with van der Waals surface area (Å²) >= 11 is 1.46. The molecule has 0 radical (unpaired) electrons. The summed E-state index contributed by atoms with van der Waals surface area (Å²) in [6, 6.07) is 3.82. The van der Waals surface area contributed by atoms with E-state index in [0.29, 0.717) is 24.6 Å². The van der Waals surface area contributed by atoms with Crippen molar-refractivity contribution in [1.29, 1.82) is 0 Å². The molecular weight excluding hydrogens is 322 g/mol. The highest BCUT2D eigenvalue weighted by Crippen LogP contribution is 2.26. The molecule has 2 aliphatic rings. The predicted octanol–water partition coefficient (Wildman–Crippen LogP) is 2.86. The largest absolute Gasteiger partial charge is 0.347 e. The van der Waals surface area contributed by atoms with Crippen LogP contribution in [0.4, 0.5) is 0 Å². The molecule has 6 heteroatoms. The number of nitrogens with zero attached hydrogens (tertiary/aromatic N) is 2. The molecule has 1 aliphatic heterocycles. The molecule has 24 heavy (non-hydrogen) atoms. The average Bonchev–Trinajstić information content (AvgIpc) is 2.79. The van der Waals surface area contributed by atoms with Crippen molar-refractivity contribution in [3.05, 3.63) is 23.9 Å². The normalized spacial score (nSPS) is 22.5. The second kappa shape index (κ2) is 8.01. The molecule has 2 fully saturated rings. The van der Waals surface area contributed by atoms with Crippen molar-refractivity contribution in [2.75, 3.05) is 12.8 Å². The Labute approximate surface area is 147 Å². The summed E-state index contributed by atoms with van der Waals surface area (Å²) in [7, 11) is 0. The first-order chi connectivity index (χ1) is 11.7. The number of amides is 2. The van der Waals surface area contributed by atoms with E-state index in [1.807, 2.05) is 11.2 Å². The molecule has 0 spiro atoms. The number of nitrogens with one attached hydrogen (secondary N) is 1. The van der Waals surface area contributed by atoms with E-state index in [4.69, 9.17) is 0 Å². The maximum Gasteiger partial charge on any atom is 0.254 e. The second-order valence-electron chi connectivity index (χ2n) is 6.63. The van der Waals surface area contributed by atoms with Gasteiger partial charge in [-0.2, -0.15) is 0 Å². The molecule has 1 saturated carbocycles. The zero-order valence-corrected chi connectivity index (χ0v) is 15.0. The molecule has 130 valence electrons. The van der Waals surface area contributed by atoms with Crippen LogP contribution in [-0.2, 0) is 4.79 Å². The summed E-state index contributed by atoms with van der Waals surface area (Å²) in [6.07, 6.45) is 11.2. The maximum atomic E-state index is 12.5. The number of likely N-dealkylation sites (tertiary alicyclic amines) is 1. The number of aromatic nitrogens is 1. The highest BCUT2D eigenvalue weighted by atomic mass is 32.2. The summed E-state index contributed by atoms with van der Waals surface area (Å²) in [6.45, 7) is 0.643. The first-order valence-corrected chi connectivity index (χ1v) is 10.0. The molecule has 2 heterocycles. The molecule has 1 atom stereocenters. The number of carbonyl (C=O) groups is 2. The van der Waals surface area contributed by atoms with E-state index in [0.717, 1.165) is 17.9 Å². The SMILES string of the molecule is CSc1ncccc1C(=O)N[C@@H]1CC(=O)N(C2CCCCCC2)C1. The molecule has 1 aromatic rings. The van der Waals surface area contributed by atoms with Crippen LogP contribution in [0.5, 0.6) is 0 Å². The van der Waals surface area contributed by atoms with Crippen LogP contribution in [0.3, 0.4) is 0 Å². The fourth-order valence-electron chi connectivity index (χ4n) is 3.74. The lowest BCUT2D eigenvalue weighted by Crippen LogP contribution is -2.40. The quantitative estimate of drug-likeness (QED) is 0.672. The number of rotatable bonds is 4. The van der Waals surface area contributed by atoms with E-state index in [1.54, 1.807) is 18.3 Å². The number of hydrogen-bond donors (Lipinski definition) is 1. The van der Waals surface area contributed by atoms with E-state index in [-0.39, 0.29) is 17.9 Å².